The number of furan rings is 1. The molecule has 1 atom stereocenters. The molecule has 0 saturated carbocycles. The highest BCUT2D eigenvalue weighted by molar-refractivity contribution is 6.41. The highest BCUT2D eigenvalue weighted by atomic mass is 16.3. The minimum Gasteiger partial charge on any atom is -0.464 e. The van der Waals surface area contributed by atoms with Crippen LogP contribution in [0.5, 0.6) is 0 Å². The van der Waals surface area contributed by atoms with E-state index < -0.39 is 11.8 Å². The molecule has 31 heavy (non-hydrogen) atoms. The van der Waals surface area contributed by atoms with Crippen molar-refractivity contribution in [3.8, 4) is 0 Å². The van der Waals surface area contributed by atoms with Crippen LogP contribution < -0.4 is 9.80 Å². The van der Waals surface area contributed by atoms with Crippen molar-refractivity contribution in [2.75, 3.05) is 20.1 Å². The first-order valence-corrected chi connectivity index (χ1v) is 10.2. The Kier molecular flexibility index (Phi) is 3.67. The maximum Gasteiger partial charge on any atom is 0.259 e. The van der Waals surface area contributed by atoms with Gasteiger partial charge in [0.15, 0.2) is 0 Å². The number of aromatic nitrogens is 1. The van der Waals surface area contributed by atoms with Gasteiger partial charge in [-0.3, -0.25) is 29.4 Å². The number of likely N-dealkylation sites (N-methyl/N-ethyl adjacent to an activating group) is 1. The smallest absolute Gasteiger partial charge is 0.259 e. The van der Waals surface area contributed by atoms with Crippen LogP contribution in [0.3, 0.4) is 0 Å². The molecular weight excluding hydrogens is 392 g/mol. The lowest BCUT2D eigenvalue weighted by atomic mass is 9.90. The lowest BCUT2D eigenvalue weighted by Gasteiger charge is -2.31. The van der Waals surface area contributed by atoms with E-state index >= 15 is 0 Å². The Bertz CT molecular complexity index is 1390. The number of hydrogen-bond donors (Lipinski definition) is 1. The summed E-state index contributed by atoms with van der Waals surface area (Å²) in [5, 5.41) is 3.24. The molecule has 152 valence electrons. The number of hydrogen-bond acceptors (Lipinski definition) is 5. The fraction of sp³-hybridized carbons (Fsp3) is 0.167. The molecule has 0 bridgehead atoms. The van der Waals surface area contributed by atoms with Crippen molar-refractivity contribution >= 4 is 45.8 Å². The molecule has 1 aromatic carbocycles. The van der Waals surface area contributed by atoms with E-state index in [1.807, 2.05) is 18.3 Å². The van der Waals surface area contributed by atoms with Gasteiger partial charge in [-0.05, 0) is 12.1 Å². The molecule has 1 N–H and O–H groups in total. The first-order valence-electron chi connectivity index (χ1n) is 10.2. The van der Waals surface area contributed by atoms with E-state index in [1.54, 1.807) is 30.9 Å². The van der Waals surface area contributed by atoms with Crippen molar-refractivity contribution in [3.63, 3.8) is 0 Å². The number of imide groups is 1. The first-order chi connectivity index (χ1) is 15.1. The van der Waals surface area contributed by atoms with Crippen molar-refractivity contribution in [2.24, 2.45) is 4.99 Å². The van der Waals surface area contributed by atoms with Gasteiger partial charge in [0.2, 0.25) is 0 Å². The number of nitrogens with zero attached hydrogens (tertiary/aromatic N) is 3. The zero-order chi connectivity index (χ0) is 21.2. The van der Waals surface area contributed by atoms with E-state index in [9.17, 15) is 9.59 Å². The predicted molar refractivity (Wildman–Crippen MR) is 118 cm³/mol. The average Bonchev–Trinajstić information content (AvgIpc) is 3.43. The molecule has 3 aliphatic rings. The van der Waals surface area contributed by atoms with Gasteiger partial charge in [0, 0.05) is 52.7 Å². The number of carbonyl (C=O) groups excluding carboxylic acids is 2. The number of quaternary nitrogens is 1. The van der Waals surface area contributed by atoms with E-state index in [1.165, 1.54) is 11.3 Å². The molecule has 2 amide bonds. The van der Waals surface area contributed by atoms with Crippen LogP contribution in [0.4, 0.5) is 5.69 Å². The Labute approximate surface area is 178 Å². The van der Waals surface area contributed by atoms with E-state index in [0.29, 0.717) is 22.3 Å². The van der Waals surface area contributed by atoms with Crippen LogP contribution in [0.1, 0.15) is 16.7 Å². The maximum atomic E-state index is 13.1. The number of fused-ring (bicyclic) bond motifs is 1. The zero-order valence-corrected chi connectivity index (χ0v) is 16.9. The van der Waals surface area contributed by atoms with Gasteiger partial charge in [-0.1, -0.05) is 12.1 Å². The Morgan fingerprint density at radius 2 is 1.94 bits per heavy atom. The number of amides is 2. The normalized spacial score (nSPS) is 22.4. The third-order valence-corrected chi connectivity index (χ3v) is 6.45. The molecule has 3 aliphatic heterocycles. The molecule has 0 spiro atoms. The Balaban J connectivity index is 1.67. The second-order valence-electron chi connectivity index (χ2n) is 8.30. The first kappa shape index (κ1) is 18.0. The van der Waals surface area contributed by atoms with E-state index in [2.05, 4.69) is 28.4 Å². The maximum absolute atomic E-state index is 13.1. The summed E-state index contributed by atoms with van der Waals surface area (Å²) in [5.41, 5.74) is 5.63. The number of carbonyl (C=O) groups is 2. The van der Waals surface area contributed by atoms with Crippen LogP contribution in [0.25, 0.3) is 22.1 Å². The van der Waals surface area contributed by atoms with Crippen molar-refractivity contribution < 1.29 is 14.0 Å². The van der Waals surface area contributed by atoms with E-state index in [0.717, 1.165) is 34.9 Å². The SMILES string of the molecule is C[N+]12CC=NC=C(C3=C(c4cncc5ccoc45)C(=O)NC3=O)c3cccc(c31)CC2. The molecule has 0 fully saturated rings. The number of benzene rings is 1. The molecule has 5 heterocycles. The van der Waals surface area contributed by atoms with Crippen LogP contribution in [0.15, 0.2) is 64.1 Å². The monoisotopic (exact) mass is 411 g/mol. The van der Waals surface area contributed by atoms with Crippen LogP contribution in [-0.4, -0.2) is 43.2 Å². The summed E-state index contributed by atoms with van der Waals surface area (Å²) in [4.78, 5) is 34.8. The summed E-state index contributed by atoms with van der Waals surface area (Å²) in [6, 6.07) is 7.95. The molecule has 3 aromatic rings. The lowest BCUT2D eigenvalue weighted by molar-refractivity contribution is -0.123. The van der Waals surface area contributed by atoms with Crippen LogP contribution in [0.2, 0.25) is 0 Å². The highest BCUT2D eigenvalue weighted by Gasteiger charge is 2.41. The van der Waals surface area contributed by atoms with Gasteiger partial charge in [-0.25, -0.2) is 0 Å². The molecule has 2 aromatic heterocycles. The van der Waals surface area contributed by atoms with Gasteiger partial charge in [0.05, 0.1) is 37.2 Å². The van der Waals surface area contributed by atoms with E-state index in [4.69, 9.17) is 4.42 Å². The number of pyridine rings is 1. The summed E-state index contributed by atoms with van der Waals surface area (Å²) in [6.07, 6.45) is 9.34. The number of aliphatic imine (C=N–C) groups is 1. The molecule has 0 aliphatic carbocycles. The van der Waals surface area contributed by atoms with Gasteiger partial charge >= 0.3 is 0 Å². The topological polar surface area (TPSA) is 84.6 Å². The average molecular weight is 411 g/mol. The molecule has 7 nitrogen and oxygen atoms in total. The summed E-state index contributed by atoms with van der Waals surface area (Å²) >= 11 is 0. The second-order valence-corrected chi connectivity index (χ2v) is 8.30. The Hall–Kier alpha value is -3.84. The predicted octanol–water partition coefficient (Wildman–Crippen LogP) is 2.86. The van der Waals surface area contributed by atoms with Crippen LogP contribution in [0, 0.1) is 0 Å². The minimum absolute atomic E-state index is 0.268. The molecule has 6 rings (SSSR count). The lowest BCUT2D eigenvalue weighted by Crippen LogP contribution is -2.45. The van der Waals surface area contributed by atoms with Crippen LogP contribution >= 0.6 is 0 Å². The highest BCUT2D eigenvalue weighted by Crippen LogP contribution is 2.44. The number of rotatable bonds is 2. The summed E-state index contributed by atoms with van der Waals surface area (Å²) in [5.74, 6) is -0.891. The number of nitrogens with one attached hydrogen (secondary N) is 1. The Morgan fingerprint density at radius 1 is 1.06 bits per heavy atom. The van der Waals surface area contributed by atoms with Crippen molar-refractivity contribution in [3.05, 3.63) is 71.4 Å². The number of para-hydroxylation sites is 1. The molecule has 0 radical (unpaired) electrons. The standard InChI is InChI=1S/C24H18N4O3/c1-28-8-5-14-3-2-4-16(21(14)28)17(12-25-7-9-28)19-20(24(30)27-23(19)29)18-13-26-11-15-6-10-31-22(15)18/h2-4,6-7,10-13H,5,8-9H2,1H3/p+1. The van der Waals surface area contributed by atoms with Crippen molar-refractivity contribution in [1.29, 1.82) is 0 Å². The fourth-order valence-electron chi connectivity index (χ4n) is 4.97. The largest absolute Gasteiger partial charge is 0.464 e. The molecule has 7 heteroatoms. The second kappa shape index (κ2) is 6.33. The van der Waals surface area contributed by atoms with Crippen molar-refractivity contribution in [2.45, 2.75) is 6.42 Å². The summed E-state index contributed by atoms with van der Waals surface area (Å²) in [7, 11) is 2.19. The van der Waals surface area contributed by atoms with Gasteiger partial charge in [-0.15, -0.1) is 0 Å². The van der Waals surface area contributed by atoms with Gasteiger partial charge in [-0.2, -0.15) is 0 Å². The van der Waals surface area contributed by atoms with E-state index in [-0.39, 0.29) is 5.57 Å². The third kappa shape index (κ3) is 2.50. The molecular formula is C24H19N4O3+. The van der Waals surface area contributed by atoms with Crippen molar-refractivity contribution in [1.82, 2.24) is 14.8 Å². The quantitative estimate of drug-likeness (QED) is 0.519. The molecule has 0 saturated heterocycles. The summed E-state index contributed by atoms with van der Waals surface area (Å²) in [6.45, 7) is 1.75. The van der Waals surface area contributed by atoms with Crippen LogP contribution in [-0.2, 0) is 16.0 Å². The third-order valence-electron chi connectivity index (χ3n) is 6.45. The van der Waals surface area contributed by atoms with Gasteiger partial charge in [0.1, 0.15) is 17.8 Å². The molecule has 1 unspecified atom stereocenters. The Morgan fingerprint density at radius 3 is 2.84 bits per heavy atom. The zero-order valence-electron chi connectivity index (χ0n) is 16.9. The van der Waals surface area contributed by atoms with Gasteiger partial charge < -0.3 is 4.42 Å². The summed E-state index contributed by atoms with van der Waals surface area (Å²) < 4.78 is 6.36. The fourth-order valence-corrected chi connectivity index (χ4v) is 4.97. The minimum atomic E-state index is -0.456. The van der Waals surface area contributed by atoms with Gasteiger partial charge in [0.25, 0.3) is 11.8 Å².